The van der Waals surface area contributed by atoms with Crippen LogP contribution in [0.4, 0.5) is 0 Å². The molecule has 0 radical (unpaired) electrons. The number of hydroxylamine groups is 2. The number of hydrogen-bond donors (Lipinski definition) is 6. The topological polar surface area (TPSA) is 277 Å². The third-order valence-electron chi connectivity index (χ3n) is 9.24. The summed E-state index contributed by atoms with van der Waals surface area (Å²) in [4.78, 5) is 105. The van der Waals surface area contributed by atoms with Crippen molar-refractivity contribution in [3.8, 4) is 22.8 Å². The molecule has 0 aliphatic heterocycles. The summed E-state index contributed by atoms with van der Waals surface area (Å²) in [5, 5.41) is 35.6. The number of aliphatic carboxylic acids is 3. The van der Waals surface area contributed by atoms with Gasteiger partial charge in [0.05, 0.1) is 43.3 Å². The molecule has 1 aromatic heterocycles. The van der Waals surface area contributed by atoms with E-state index in [-0.39, 0.29) is 53.0 Å². The number of nitrogens with one attached hydrogen (secondary N) is 3. The Hall–Kier alpha value is -6.92. The number of rotatable bonds is 25. The van der Waals surface area contributed by atoms with E-state index in [2.05, 4.69) is 16.0 Å². The van der Waals surface area contributed by atoms with Crippen molar-refractivity contribution in [3.63, 3.8) is 0 Å². The van der Waals surface area contributed by atoms with Crippen molar-refractivity contribution >= 4 is 48.0 Å². The molecule has 4 amide bonds. The van der Waals surface area contributed by atoms with Crippen molar-refractivity contribution in [1.29, 1.82) is 0 Å². The van der Waals surface area contributed by atoms with Gasteiger partial charge in [-0.25, -0.2) is 14.4 Å². The third kappa shape index (κ3) is 13.3. The maximum absolute atomic E-state index is 13.7. The molecule has 0 fully saturated rings. The highest BCUT2D eigenvalue weighted by atomic mass is 16.7. The smallest absolute Gasteiger partial charge is 0.363 e. The van der Waals surface area contributed by atoms with Crippen molar-refractivity contribution in [2.75, 3.05) is 20.4 Å². The van der Waals surface area contributed by atoms with Crippen LogP contribution in [-0.2, 0) is 28.8 Å². The van der Waals surface area contributed by atoms with Crippen molar-refractivity contribution < 1.29 is 72.4 Å². The number of carboxylic acid groups (broad SMARTS) is 3. The van der Waals surface area contributed by atoms with E-state index in [1.807, 2.05) is 20.8 Å². The molecule has 6 N–H and O–H groups in total. The standard InChI is InChI=1S/C41H50N4O15/c1-6-8-9-10-27(31(7-2)45(22-46)60-41(56)26-14-12-25(57-5)18-29(26)23(3)4)37(51)42-21-43-39(53)33-16-15-32(59-33)24-11-13-28(34(17-24)58-20-36(49)50)38(52)44-30(40(54)55)19-35(47)48/h11-18,22-23,27,30-31H,6-10,19-21H2,1-5H3,(H,42,51)(H,43,53)(H,44,52)(H,47,48)(H,49,50)(H,54,55)/t27-,30+,31-/m1/s1. The summed E-state index contributed by atoms with van der Waals surface area (Å²) in [6.45, 7) is 6.29. The minimum absolute atomic E-state index is 0.0750. The van der Waals surface area contributed by atoms with E-state index < -0.39 is 72.6 Å². The van der Waals surface area contributed by atoms with E-state index in [1.165, 1.54) is 37.4 Å². The first-order valence-electron chi connectivity index (χ1n) is 19.1. The number of methoxy groups -OCH3 is 1. The number of amides is 4. The van der Waals surface area contributed by atoms with E-state index >= 15 is 0 Å². The minimum atomic E-state index is -1.79. The number of hydrogen-bond acceptors (Lipinski definition) is 12. The molecule has 0 aliphatic carbocycles. The fourth-order valence-electron chi connectivity index (χ4n) is 6.18. The molecule has 3 aromatic rings. The van der Waals surface area contributed by atoms with Crippen LogP contribution in [0.3, 0.4) is 0 Å². The predicted octanol–water partition coefficient (Wildman–Crippen LogP) is 4.21. The first-order chi connectivity index (χ1) is 28.5. The molecule has 0 aliphatic rings. The van der Waals surface area contributed by atoms with Crippen LogP contribution < -0.4 is 25.4 Å². The molecular formula is C41H50N4O15. The monoisotopic (exact) mass is 838 g/mol. The van der Waals surface area contributed by atoms with Gasteiger partial charge in [0.1, 0.15) is 23.3 Å². The van der Waals surface area contributed by atoms with Crippen LogP contribution >= 0.6 is 0 Å². The van der Waals surface area contributed by atoms with Gasteiger partial charge in [-0.05, 0) is 66.8 Å². The van der Waals surface area contributed by atoms with Gasteiger partial charge in [0.2, 0.25) is 12.3 Å². The highest BCUT2D eigenvalue weighted by molar-refractivity contribution is 6.00. The number of carboxylic acids is 3. The summed E-state index contributed by atoms with van der Waals surface area (Å²) in [5.74, 6) is -8.36. The Morgan fingerprint density at radius 1 is 0.867 bits per heavy atom. The number of ether oxygens (including phenoxy) is 2. The summed E-state index contributed by atoms with van der Waals surface area (Å²) >= 11 is 0. The molecule has 3 atom stereocenters. The van der Waals surface area contributed by atoms with E-state index in [0.29, 0.717) is 30.6 Å². The molecule has 19 nitrogen and oxygen atoms in total. The molecule has 3 rings (SSSR count). The zero-order valence-electron chi connectivity index (χ0n) is 33.9. The fourth-order valence-corrected chi connectivity index (χ4v) is 6.18. The number of nitrogens with zero attached hydrogens (tertiary/aromatic N) is 1. The average molecular weight is 839 g/mol. The quantitative estimate of drug-likeness (QED) is 0.0302. The molecule has 0 saturated carbocycles. The lowest BCUT2D eigenvalue weighted by molar-refractivity contribution is -0.171. The van der Waals surface area contributed by atoms with Crippen molar-refractivity contribution in [2.45, 2.75) is 84.2 Å². The van der Waals surface area contributed by atoms with Crippen molar-refractivity contribution in [3.05, 3.63) is 71.0 Å². The average Bonchev–Trinajstić information content (AvgIpc) is 3.72. The van der Waals surface area contributed by atoms with Crippen molar-refractivity contribution in [1.82, 2.24) is 21.0 Å². The summed E-state index contributed by atoms with van der Waals surface area (Å²) in [5.41, 5.74) is 0.797. The lowest BCUT2D eigenvalue weighted by Crippen LogP contribution is -2.49. The van der Waals surface area contributed by atoms with Gasteiger partial charge in [0, 0.05) is 5.56 Å². The van der Waals surface area contributed by atoms with Gasteiger partial charge < -0.3 is 50.0 Å². The SMILES string of the molecule is CCCCC[C@@H](C(=O)NCNC(=O)c1ccc(-c2ccc(C(=O)N[C@@H](CC(=O)O)C(=O)O)c(OCC(=O)O)c2)o1)[C@@H](CC)N(C=O)OC(=O)c1ccc(OC)cc1C(C)C. The van der Waals surface area contributed by atoms with Gasteiger partial charge >= 0.3 is 23.9 Å². The number of carbonyl (C=O) groups is 8. The molecule has 0 unspecified atom stereocenters. The molecule has 0 spiro atoms. The van der Waals surface area contributed by atoms with Gasteiger partial charge in [-0.15, -0.1) is 0 Å². The van der Waals surface area contributed by atoms with E-state index in [4.69, 9.17) is 28.9 Å². The second-order valence-corrected chi connectivity index (χ2v) is 13.8. The highest BCUT2D eigenvalue weighted by Gasteiger charge is 2.34. The van der Waals surface area contributed by atoms with Gasteiger partial charge in [0.25, 0.3) is 11.8 Å². The minimum Gasteiger partial charge on any atom is -0.497 e. The second kappa shape index (κ2) is 22.9. The number of carbonyl (C=O) groups excluding carboxylic acids is 5. The highest BCUT2D eigenvalue weighted by Crippen LogP contribution is 2.30. The summed E-state index contributed by atoms with van der Waals surface area (Å²) in [6.07, 6.45) is 2.31. The van der Waals surface area contributed by atoms with Crippen LogP contribution in [0.25, 0.3) is 11.3 Å². The Morgan fingerprint density at radius 3 is 2.18 bits per heavy atom. The van der Waals surface area contributed by atoms with Crippen LogP contribution in [0.1, 0.15) is 109 Å². The maximum atomic E-state index is 13.7. The summed E-state index contributed by atoms with van der Waals surface area (Å²) in [6, 6.07) is 8.69. The molecule has 60 heavy (non-hydrogen) atoms. The van der Waals surface area contributed by atoms with Crippen LogP contribution in [-0.4, -0.2) is 101 Å². The third-order valence-corrected chi connectivity index (χ3v) is 9.24. The molecule has 0 bridgehead atoms. The van der Waals surface area contributed by atoms with E-state index in [0.717, 1.165) is 17.9 Å². The number of benzene rings is 2. The van der Waals surface area contributed by atoms with Gasteiger partial charge in [0.15, 0.2) is 12.4 Å². The van der Waals surface area contributed by atoms with Crippen LogP contribution in [0.15, 0.2) is 52.9 Å². The van der Waals surface area contributed by atoms with E-state index in [9.17, 15) is 43.5 Å². The van der Waals surface area contributed by atoms with Crippen LogP contribution in [0.2, 0.25) is 0 Å². The van der Waals surface area contributed by atoms with Gasteiger partial charge in [-0.2, -0.15) is 5.06 Å². The summed E-state index contributed by atoms with van der Waals surface area (Å²) in [7, 11) is 1.51. The lowest BCUT2D eigenvalue weighted by Gasteiger charge is -2.32. The Kier molecular flexibility index (Phi) is 18.1. The van der Waals surface area contributed by atoms with E-state index in [1.54, 1.807) is 25.1 Å². The Morgan fingerprint density at radius 2 is 1.58 bits per heavy atom. The van der Waals surface area contributed by atoms with Crippen LogP contribution in [0, 0.1) is 5.92 Å². The molecule has 19 heteroatoms. The molecular weight excluding hydrogens is 788 g/mol. The molecule has 0 saturated heterocycles. The zero-order chi connectivity index (χ0) is 44.5. The summed E-state index contributed by atoms with van der Waals surface area (Å²) < 4.78 is 16.2. The normalized spacial score (nSPS) is 12.3. The Labute approximate surface area is 345 Å². The lowest BCUT2D eigenvalue weighted by atomic mass is 9.90. The fraction of sp³-hybridized carbons (Fsp3) is 0.415. The van der Waals surface area contributed by atoms with Gasteiger partial charge in [-0.3, -0.25) is 24.0 Å². The van der Waals surface area contributed by atoms with Crippen LogP contribution in [0.5, 0.6) is 11.5 Å². The maximum Gasteiger partial charge on any atom is 0.363 e. The second-order valence-electron chi connectivity index (χ2n) is 13.8. The first kappa shape index (κ1) is 47.5. The number of unbranched alkanes of at least 4 members (excludes halogenated alkanes) is 2. The Bertz CT molecular complexity index is 2030. The first-order valence-corrected chi connectivity index (χ1v) is 19.1. The number of furan rings is 1. The predicted molar refractivity (Wildman–Crippen MR) is 211 cm³/mol. The van der Waals surface area contributed by atoms with Crippen molar-refractivity contribution in [2.24, 2.45) is 5.92 Å². The van der Waals surface area contributed by atoms with Gasteiger partial charge in [-0.1, -0.05) is 53.0 Å². The zero-order valence-corrected chi connectivity index (χ0v) is 33.9. The molecule has 324 valence electrons. The molecule has 1 heterocycles. The Balaban J connectivity index is 1.75. The molecule has 2 aromatic carbocycles. The largest absolute Gasteiger partial charge is 0.497 e.